The molecular weight excluding hydrogens is 361 g/mol. The molecule has 1 aliphatic carbocycles. The van der Waals surface area contributed by atoms with E-state index in [1.165, 1.54) is 18.4 Å². The van der Waals surface area contributed by atoms with Gasteiger partial charge < -0.3 is 9.73 Å². The van der Waals surface area contributed by atoms with Crippen molar-refractivity contribution < 1.29 is 4.42 Å². The molecule has 0 unspecified atom stereocenters. The Hall–Kier alpha value is -0.220. The summed E-state index contributed by atoms with van der Waals surface area (Å²) in [6.07, 6.45) is 4.51. The van der Waals surface area contributed by atoms with Gasteiger partial charge in [-0.15, -0.1) is 0 Å². The molecule has 1 fully saturated rings. The average Bonchev–Trinajstić information content (AvgIpc) is 3.17. The van der Waals surface area contributed by atoms with Crippen molar-refractivity contribution in [1.29, 1.82) is 0 Å². The summed E-state index contributed by atoms with van der Waals surface area (Å²) < 4.78 is 6.81. The molecule has 1 aliphatic rings. The Morgan fingerprint density at radius 1 is 1.40 bits per heavy atom. The lowest BCUT2D eigenvalue weighted by Crippen LogP contribution is -2.15. The second kappa shape index (κ2) is 5.88. The maximum absolute atomic E-state index is 6.44. The fourth-order valence-corrected chi connectivity index (χ4v) is 3.51. The van der Waals surface area contributed by atoms with Crippen molar-refractivity contribution in [3.8, 4) is 0 Å². The molecule has 1 aromatic carbocycles. The molecule has 0 saturated heterocycles. The highest BCUT2D eigenvalue weighted by Crippen LogP contribution is 2.41. The molecule has 0 atom stereocenters. The predicted octanol–water partition coefficient (Wildman–Crippen LogP) is 5.71. The van der Waals surface area contributed by atoms with Crippen molar-refractivity contribution in [2.45, 2.75) is 45.2 Å². The molecule has 0 bridgehead atoms. The van der Waals surface area contributed by atoms with Crippen LogP contribution >= 0.6 is 39.1 Å². The molecule has 1 N–H and O–H groups in total. The quantitative estimate of drug-likeness (QED) is 0.676. The molecule has 0 spiro atoms. The minimum Gasteiger partial charge on any atom is -0.458 e. The van der Waals surface area contributed by atoms with Crippen molar-refractivity contribution in [3.05, 3.63) is 31.9 Å². The van der Waals surface area contributed by atoms with Gasteiger partial charge in [-0.25, -0.2) is 0 Å². The molecule has 1 heterocycles. The van der Waals surface area contributed by atoms with Gasteiger partial charge in [-0.05, 0) is 41.3 Å². The normalized spacial score (nSPS) is 15.2. The second-order valence-electron chi connectivity index (χ2n) is 5.27. The first kappa shape index (κ1) is 14.7. The molecule has 20 heavy (non-hydrogen) atoms. The van der Waals surface area contributed by atoms with Gasteiger partial charge in [0.25, 0.3) is 0 Å². The Morgan fingerprint density at radius 3 is 2.80 bits per heavy atom. The number of aryl methyl sites for hydroxylation is 1. The monoisotopic (exact) mass is 375 g/mol. The third-order valence-electron chi connectivity index (χ3n) is 3.62. The zero-order valence-electron chi connectivity index (χ0n) is 11.2. The highest BCUT2D eigenvalue weighted by Gasteiger charge is 2.24. The van der Waals surface area contributed by atoms with Crippen LogP contribution in [0, 0.1) is 0 Å². The summed E-state index contributed by atoms with van der Waals surface area (Å²) in [7, 11) is 0. The Bertz CT molecular complexity index is 649. The second-order valence-corrected chi connectivity index (χ2v) is 6.91. The van der Waals surface area contributed by atoms with Crippen LogP contribution < -0.4 is 5.32 Å². The third-order valence-corrected chi connectivity index (χ3v) is 5.15. The van der Waals surface area contributed by atoms with E-state index in [0.717, 1.165) is 35.0 Å². The molecular formula is C15H16BrCl2NO. The number of benzene rings is 1. The summed E-state index contributed by atoms with van der Waals surface area (Å²) in [5.74, 6) is 0.968. The molecule has 3 rings (SSSR count). The van der Waals surface area contributed by atoms with Gasteiger partial charge in [-0.3, -0.25) is 0 Å². The van der Waals surface area contributed by atoms with Crippen LogP contribution in [-0.4, -0.2) is 6.04 Å². The van der Waals surface area contributed by atoms with Crippen molar-refractivity contribution in [3.63, 3.8) is 0 Å². The summed E-state index contributed by atoms with van der Waals surface area (Å²) in [5.41, 5.74) is 1.89. The van der Waals surface area contributed by atoms with E-state index in [-0.39, 0.29) is 0 Å². The average molecular weight is 377 g/mol. The summed E-state index contributed by atoms with van der Waals surface area (Å²) in [6.45, 7) is 2.91. The minimum atomic E-state index is 0.603. The smallest absolute Gasteiger partial charge is 0.154 e. The van der Waals surface area contributed by atoms with E-state index in [1.807, 2.05) is 0 Å². The number of halogens is 3. The zero-order chi connectivity index (χ0) is 14.3. The largest absolute Gasteiger partial charge is 0.458 e. The Morgan fingerprint density at radius 2 is 2.15 bits per heavy atom. The van der Waals surface area contributed by atoms with Crippen molar-refractivity contribution in [2.75, 3.05) is 0 Å². The van der Waals surface area contributed by atoms with Gasteiger partial charge in [0.2, 0.25) is 0 Å². The highest BCUT2D eigenvalue weighted by molar-refractivity contribution is 9.10. The van der Waals surface area contributed by atoms with Gasteiger partial charge in [0.1, 0.15) is 5.76 Å². The van der Waals surface area contributed by atoms with Crippen LogP contribution in [0.3, 0.4) is 0 Å². The molecule has 2 nitrogen and oxygen atoms in total. The Labute approximate surface area is 136 Å². The number of hydrogen-bond donors (Lipinski definition) is 1. The zero-order valence-corrected chi connectivity index (χ0v) is 14.3. The summed E-state index contributed by atoms with van der Waals surface area (Å²) in [4.78, 5) is 0. The highest BCUT2D eigenvalue weighted by atomic mass is 79.9. The Balaban J connectivity index is 2.10. The van der Waals surface area contributed by atoms with E-state index in [4.69, 9.17) is 27.6 Å². The first-order valence-corrected chi connectivity index (χ1v) is 8.47. The van der Waals surface area contributed by atoms with Gasteiger partial charge in [0.15, 0.2) is 5.58 Å². The van der Waals surface area contributed by atoms with Gasteiger partial charge in [0, 0.05) is 21.5 Å². The van der Waals surface area contributed by atoms with Crippen LogP contribution in [0.25, 0.3) is 11.0 Å². The summed E-state index contributed by atoms with van der Waals surface area (Å²) >= 11 is 16.2. The fraction of sp³-hybridized carbons (Fsp3) is 0.467. The van der Waals surface area contributed by atoms with E-state index >= 15 is 0 Å². The van der Waals surface area contributed by atoms with Crippen molar-refractivity contribution in [1.82, 2.24) is 5.32 Å². The SMILES string of the molecule is CCCc1c(CNC2CC2)oc2c(Cl)cc(Br)c(Cl)c12. The van der Waals surface area contributed by atoms with Crippen molar-refractivity contribution >= 4 is 50.1 Å². The van der Waals surface area contributed by atoms with E-state index in [2.05, 4.69) is 28.2 Å². The molecule has 0 amide bonds. The van der Waals surface area contributed by atoms with E-state index < -0.39 is 0 Å². The van der Waals surface area contributed by atoms with Crippen LogP contribution in [0.2, 0.25) is 10.0 Å². The molecule has 1 saturated carbocycles. The molecule has 1 aromatic heterocycles. The number of rotatable bonds is 5. The molecule has 0 radical (unpaired) electrons. The van der Waals surface area contributed by atoms with Crippen LogP contribution in [0.15, 0.2) is 15.0 Å². The lowest BCUT2D eigenvalue weighted by molar-refractivity contribution is 0.506. The van der Waals surface area contributed by atoms with Gasteiger partial charge >= 0.3 is 0 Å². The van der Waals surface area contributed by atoms with E-state index in [0.29, 0.717) is 21.7 Å². The van der Waals surface area contributed by atoms with Crippen LogP contribution in [-0.2, 0) is 13.0 Å². The standard InChI is InChI=1S/C15H16BrCl2NO/c1-2-3-9-12(7-19-8-4-5-8)20-15-11(17)6-10(16)14(18)13(9)15/h6,8,19H,2-5,7H2,1H3. The predicted molar refractivity (Wildman–Crippen MR) is 87.8 cm³/mol. The number of furan rings is 1. The molecule has 2 aromatic rings. The van der Waals surface area contributed by atoms with Gasteiger partial charge in [-0.2, -0.15) is 0 Å². The first-order chi connectivity index (χ1) is 9.61. The lowest BCUT2D eigenvalue weighted by atomic mass is 10.1. The molecule has 0 aliphatic heterocycles. The summed E-state index contributed by atoms with van der Waals surface area (Å²) in [6, 6.07) is 2.44. The van der Waals surface area contributed by atoms with E-state index in [9.17, 15) is 0 Å². The number of hydrogen-bond acceptors (Lipinski definition) is 2. The van der Waals surface area contributed by atoms with Gasteiger partial charge in [0.05, 0.1) is 16.6 Å². The third kappa shape index (κ3) is 2.74. The minimum absolute atomic E-state index is 0.603. The van der Waals surface area contributed by atoms with Gasteiger partial charge in [-0.1, -0.05) is 36.5 Å². The van der Waals surface area contributed by atoms with E-state index in [1.54, 1.807) is 6.07 Å². The summed E-state index contributed by atoms with van der Waals surface area (Å²) in [5, 5.41) is 5.75. The topological polar surface area (TPSA) is 25.2 Å². The first-order valence-electron chi connectivity index (χ1n) is 6.93. The van der Waals surface area contributed by atoms with Crippen LogP contribution in [0.5, 0.6) is 0 Å². The molecule has 5 heteroatoms. The maximum atomic E-state index is 6.44. The number of nitrogens with one attached hydrogen (secondary N) is 1. The fourth-order valence-electron chi connectivity index (χ4n) is 2.45. The molecule has 108 valence electrons. The van der Waals surface area contributed by atoms with Crippen LogP contribution in [0.1, 0.15) is 37.5 Å². The lowest BCUT2D eigenvalue weighted by Gasteiger charge is -2.04. The Kier molecular flexibility index (Phi) is 4.32. The van der Waals surface area contributed by atoms with Crippen molar-refractivity contribution in [2.24, 2.45) is 0 Å². The maximum Gasteiger partial charge on any atom is 0.154 e. The van der Waals surface area contributed by atoms with Crippen LogP contribution in [0.4, 0.5) is 0 Å². The number of fused-ring (bicyclic) bond motifs is 1.